The van der Waals surface area contributed by atoms with Crippen LogP contribution in [0.4, 0.5) is 11.4 Å². The summed E-state index contributed by atoms with van der Waals surface area (Å²) in [5, 5.41) is 13.1. The van der Waals surface area contributed by atoms with Gasteiger partial charge in [-0.15, -0.1) is 0 Å². The fourth-order valence-corrected chi connectivity index (χ4v) is 2.51. The molecule has 0 atom stereocenters. The molecule has 2 aromatic rings. The second kappa shape index (κ2) is 4.66. The molecular weight excluding hydrogens is 284 g/mol. The number of phenols is 1. The molecule has 0 saturated carbocycles. The van der Waals surface area contributed by atoms with Gasteiger partial charge in [0.25, 0.3) is 10.1 Å². The van der Waals surface area contributed by atoms with Gasteiger partial charge in [0, 0.05) is 18.0 Å². The Balaban J connectivity index is 2.74. The first-order valence-electron chi connectivity index (χ1n) is 5.50. The molecule has 0 fully saturated rings. The van der Waals surface area contributed by atoms with Gasteiger partial charge in [0.15, 0.2) is 0 Å². The normalized spacial score (nSPS) is 11.5. The van der Waals surface area contributed by atoms with E-state index in [-0.39, 0.29) is 11.3 Å². The van der Waals surface area contributed by atoms with Crippen LogP contribution in [0.2, 0.25) is 0 Å². The summed E-state index contributed by atoms with van der Waals surface area (Å²) in [6, 6.07) is 5.63. The summed E-state index contributed by atoms with van der Waals surface area (Å²) in [4.78, 5) is 10.4. The Labute approximate surface area is 114 Å². The lowest BCUT2D eigenvalue weighted by Gasteiger charge is -2.10. The third kappa shape index (κ3) is 2.51. The highest BCUT2D eigenvalue weighted by Crippen LogP contribution is 2.37. The van der Waals surface area contributed by atoms with Crippen LogP contribution in [0, 0.1) is 0 Å². The van der Waals surface area contributed by atoms with Gasteiger partial charge < -0.3 is 16.2 Å². The van der Waals surface area contributed by atoms with E-state index in [1.54, 1.807) is 0 Å². The molecule has 2 rings (SSSR count). The minimum atomic E-state index is -4.53. The lowest BCUT2D eigenvalue weighted by Crippen LogP contribution is -2.06. The number of carbonyl (C=O) groups is 1. The molecule has 0 aliphatic rings. The maximum atomic E-state index is 11.2. The Kier molecular flexibility index (Phi) is 3.28. The molecule has 20 heavy (non-hydrogen) atoms. The van der Waals surface area contributed by atoms with Crippen molar-refractivity contribution in [2.45, 2.75) is 11.8 Å². The lowest BCUT2D eigenvalue weighted by atomic mass is 10.1. The van der Waals surface area contributed by atoms with Crippen LogP contribution in [0.3, 0.4) is 0 Å². The smallest absolute Gasteiger partial charge is 0.296 e. The fourth-order valence-electron chi connectivity index (χ4n) is 1.86. The summed E-state index contributed by atoms with van der Waals surface area (Å²) in [6.45, 7) is 1.33. The van der Waals surface area contributed by atoms with Crippen LogP contribution in [-0.4, -0.2) is 24.0 Å². The number of amides is 1. The minimum Gasteiger partial charge on any atom is -0.505 e. The molecule has 0 aromatic heterocycles. The molecule has 106 valence electrons. The third-order valence-electron chi connectivity index (χ3n) is 2.71. The molecule has 5 N–H and O–H groups in total. The maximum absolute atomic E-state index is 11.2. The van der Waals surface area contributed by atoms with Crippen LogP contribution in [-0.2, 0) is 14.9 Å². The first kappa shape index (κ1) is 14.1. The van der Waals surface area contributed by atoms with Crippen molar-refractivity contribution < 1.29 is 22.9 Å². The Bertz CT molecular complexity index is 814. The maximum Gasteiger partial charge on any atom is 0.296 e. The van der Waals surface area contributed by atoms with Crippen molar-refractivity contribution in [2.24, 2.45) is 0 Å². The van der Waals surface area contributed by atoms with E-state index in [0.29, 0.717) is 11.1 Å². The lowest BCUT2D eigenvalue weighted by molar-refractivity contribution is -0.114. The quantitative estimate of drug-likeness (QED) is 0.376. The number of fused-ring (bicyclic) bond motifs is 1. The molecule has 2 aromatic carbocycles. The zero-order valence-electron chi connectivity index (χ0n) is 10.4. The number of anilines is 2. The molecule has 8 heteroatoms. The number of phenolic OH excluding ortho intramolecular Hbond substituents is 1. The van der Waals surface area contributed by atoms with Gasteiger partial charge in [-0.1, -0.05) is 6.07 Å². The van der Waals surface area contributed by atoms with Gasteiger partial charge in [-0.25, -0.2) is 0 Å². The zero-order valence-corrected chi connectivity index (χ0v) is 11.2. The highest BCUT2D eigenvalue weighted by molar-refractivity contribution is 7.86. The predicted octanol–water partition coefficient (Wildman–Crippen LogP) is 1.33. The van der Waals surface area contributed by atoms with Gasteiger partial charge in [0.1, 0.15) is 10.6 Å². The number of carbonyl (C=O) groups excluding carboxylic acids is 1. The summed E-state index contributed by atoms with van der Waals surface area (Å²) < 4.78 is 31.4. The van der Waals surface area contributed by atoms with Crippen LogP contribution in [0.25, 0.3) is 10.8 Å². The fraction of sp³-hybridized carbons (Fsp3) is 0.0833. The molecular formula is C12H12N2O5S. The number of hydrogen-bond acceptors (Lipinski definition) is 5. The first-order chi connectivity index (χ1) is 9.20. The molecule has 0 spiro atoms. The number of nitrogens with two attached hydrogens (primary N) is 1. The van der Waals surface area contributed by atoms with Crippen LogP contribution >= 0.6 is 0 Å². The number of hydrogen-bond donors (Lipinski definition) is 4. The molecule has 0 aliphatic carbocycles. The van der Waals surface area contributed by atoms with Crippen molar-refractivity contribution in [1.29, 1.82) is 0 Å². The van der Waals surface area contributed by atoms with E-state index in [1.807, 2.05) is 0 Å². The minimum absolute atomic E-state index is 0.265. The van der Waals surface area contributed by atoms with Crippen LogP contribution in [0.5, 0.6) is 5.75 Å². The van der Waals surface area contributed by atoms with Crippen LogP contribution in [0.15, 0.2) is 29.2 Å². The van der Waals surface area contributed by atoms with E-state index in [9.17, 15) is 18.3 Å². The molecule has 0 bridgehead atoms. The monoisotopic (exact) mass is 296 g/mol. The van der Waals surface area contributed by atoms with Gasteiger partial charge in [0.2, 0.25) is 5.91 Å². The SMILES string of the molecule is CC(=O)Nc1ccc2cc(S(=O)(=O)O)c(N)c(O)c2c1. The standard InChI is InChI=1S/C12H12N2O5S/c1-6(15)14-8-3-2-7-4-10(20(17,18)19)11(13)12(16)9(7)5-8/h2-5,16H,13H2,1H3,(H,14,15)(H,17,18,19). The summed E-state index contributed by atoms with van der Waals surface area (Å²) in [6.07, 6.45) is 0. The second-order valence-electron chi connectivity index (χ2n) is 4.23. The molecule has 0 aliphatic heterocycles. The number of benzene rings is 2. The Hall–Kier alpha value is -2.32. The van der Waals surface area contributed by atoms with E-state index in [0.717, 1.165) is 6.07 Å². The van der Waals surface area contributed by atoms with Gasteiger partial charge in [-0.05, 0) is 23.6 Å². The Morgan fingerprint density at radius 1 is 1.30 bits per heavy atom. The molecule has 0 saturated heterocycles. The predicted molar refractivity (Wildman–Crippen MR) is 74.1 cm³/mol. The van der Waals surface area contributed by atoms with Gasteiger partial charge in [0.05, 0.1) is 5.69 Å². The van der Waals surface area contributed by atoms with Crippen molar-refractivity contribution in [3.63, 3.8) is 0 Å². The third-order valence-corrected chi connectivity index (χ3v) is 3.61. The van der Waals surface area contributed by atoms with E-state index in [2.05, 4.69) is 5.32 Å². The molecule has 0 unspecified atom stereocenters. The largest absolute Gasteiger partial charge is 0.505 e. The second-order valence-corrected chi connectivity index (χ2v) is 5.62. The van der Waals surface area contributed by atoms with Gasteiger partial charge >= 0.3 is 0 Å². The highest BCUT2D eigenvalue weighted by Gasteiger charge is 2.19. The van der Waals surface area contributed by atoms with E-state index in [1.165, 1.54) is 25.1 Å². The molecule has 0 heterocycles. The zero-order chi connectivity index (χ0) is 15.1. The number of nitrogen functional groups attached to an aromatic ring is 1. The van der Waals surface area contributed by atoms with Crippen molar-refractivity contribution in [3.8, 4) is 5.75 Å². The number of aromatic hydroxyl groups is 1. The first-order valence-corrected chi connectivity index (χ1v) is 6.94. The van der Waals surface area contributed by atoms with Crippen molar-refractivity contribution in [3.05, 3.63) is 24.3 Å². The van der Waals surface area contributed by atoms with Gasteiger partial charge in [-0.3, -0.25) is 9.35 Å². The average Bonchev–Trinajstić information content (AvgIpc) is 2.32. The van der Waals surface area contributed by atoms with Crippen LogP contribution in [0.1, 0.15) is 6.92 Å². The van der Waals surface area contributed by atoms with Crippen LogP contribution < -0.4 is 11.1 Å². The molecule has 7 nitrogen and oxygen atoms in total. The Morgan fingerprint density at radius 2 is 1.95 bits per heavy atom. The highest BCUT2D eigenvalue weighted by atomic mass is 32.2. The summed E-state index contributed by atoms with van der Waals surface area (Å²) in [5.41, 5.74) is 5.50. The Morgan fingerprint density at radius 3 is 2.50 bits per heavy atom. The van der Waals surface area contributed by atoms with E-state index in [4.69, 9.17) is 10.3 Å². The topological polar surface area (TPSA) is 130 Å². The van der Waals surface area contributed by atoms with Crippen molar-refractivity contribution >= 4 is 38.2 Å². The molecule has 1 amide bonds. The number of nitrogens with one attached hydrogen (secondary N) is 1. The van der Waals surface area contributed by atoms with Gasteiger partial charge in [-0.2, -0.15) is 8.42 Å². The van der Waals surface area contributed by atoms with E-state index >= 15 is 0 Å². The van der Waals surface area contributed by atoms with E-state index < -0.39 is 26.5 Å². The summed E-state index contributed by atoms with van der Waals surface area (Å²) in [5.74, 6) is -0.756. The summed E-state index contributed by atoms with van der Waals surface area (Å²) in [7, 11) is -4.53. The average molecular weight is 296 g/mol. The molecule has 0 radical (unpaired) electrons. The number of rotatable bonds is 2. The summed E-state index contributed by atoms with van der Waals surface area (Å²) >= 11 is 0. The van der Waals surface area contributed by atoms with Crippen molar-refractivity contribution in [2.75, 3.05) is 11.1 Å². The van der Waals surface area contributed by atoms with Crippen molar-refractivity contribution in [1.82, 2.24) is 0 Å².